The molecule has 6 heteroatoms. The second kappa shape index (κ2) is 9.36. The van der Waals surface area contributed by atoms with Gasteiger partial charge in [-0.3, -0.25) is 0 Å². The second-order valence-corrected chi connectivity index (χ2v) is 7.57. The molecule has 1 aliphatic rings. The zero-order valence-corrected chi connectivity index (χ0v) is 16.7. The summed E-state index contributed by atoms with van der Waals surface area (Å²) in [5.74, 6) is 4.02. The minimum atomic E-state index is -0.267. The highest BCUT2D eigenvalue weighted by atomic mass is 19.1. The van der Waals surface area contributed by atoms with E-state index in [1.54, 1.807) is 18.5 Å². The van der Waals surface area contributed by atoms with Crippen molar-refractivity contribution < 1.29 is 4.39 Å². The zero-order valence-electron chi connectivity index (χ0n) is 16.7. The van der Waals surface area contributed by atoms with E-state index in [1.165, 1.54) is 50.4 Å². The van der Waals surface area contributed by atoms with Gasteiger partial charge in [0.15, 0.2) is 0 Å². The molecule has 2 aromatic heterocycles. The standard InChI is InChI=1S/C24H24FN5/c1-2-20-14-28-24(16-26-20)30-23-12-22(27-13-17-7-4-3-5-8-17)21(15-29-23)18-9-6-10-19(25)11-18/h1,6,9-12,14-17H,3-5,7-8,13H2,(H2,27,28,29,30). The molecule has 0 atom stereocenters. The van der Waals surface area contributed by atoms with E-state index in [0.29, 0.717) is 23.2 Å². The fraction of sp³-hybridized carbons (Fsp3) is 0.292. The minimum Gasteiger partial charge on any atom is -0.384 e. The number of nitrogens with one attached hydrogen (secondary N) is 2. The first-order valence-corrected chi connectivity index (χ1v) is 10.3. The predicted molar refractivity (Wildman–Crippen MR) is 118 cm³/mol. The van der Waals surface area contributed by atoms with Crippen molar-refractivity contribution in [3.05, 3.63) is 60.4 Å². The van der Waals surface area contributed by atoms with Crippen molar-refractivity contribution in [2.75, 3.05) is 17.2 Å². The van der Waals surface area contributed by atoms with Crippen molar-refractivity contribution >= 4 is 17.3 Å². The Kier molecular flexibility index (Phi) is 6.19. The van der Waals surface area contributed by atoms with Gasteiger partial charge in [0.1, 0.15) is 23.1 Å². The summed E-state index contributed by atoms with van der Waals surface area (Å²) in [4.78, 5) is 12.9. The van der Waals surface area contributed by atoms with Crippen LogP contribution >= 0.6 is 0 Å². The highest BCUT2D eigenvalue weighted by Crippen LogP contribution is 2.32. The highest BCUT2D eigenvalue weighted by Gasteiger charge is 2.15. The average molecular weight is 401 g/mol. The minimum absolute atomic E-state index is 0.267. The molecule has 0 aliphatic heterocycles. The molecule has 3 aromatic rings. The Hall–Kier alpha value is -3.46. The summed E-state index contributed by atoms with van der Waals surface area (Å²) in [6.45, 7) is 0.891. The number of rotatable bonds is 6. The van der Waals surface area contributed by atoms with Crippen LogP contribution in [0.15, 0.2) is 48.9 Å². The third-order valence-electron chi connectivity index (χ3n) is 5.40. The molecular formula is C24H24FN5. The Morgan fingerprint density at radius 2 is 1.83 bits per heavy atom. The van der Waals surface area contributed by atoms with E-state index in [9.17, 15) is 4.39 Å². The van der Waals surface area contributed by atoms with E-state index in [4.69, 9.17) is 6.42 Å². The van der Waals surface area contributed by atoms with Gasteiger partial charge in [-0.15, -0.1) is 6.42 Å². The van der Waals surface area contributed by atoms with E-state index in [0.717, 1.165) is 23.4 Å². The van der Waals surface area contributed by atoms with Crippen LogP contribution in [0.5, 0.6) is 0 Å². The molecule has 1 fully saturated rings. The number of halogens is 1. The van der Waals surface area contributed by atoms with Crippen molar-refractivity contribution in [3.8, 4) is 23.5 Å². The Bertz CT molecular complexity index is 1040. The Balaban J connectivity index is 1.59. The van der Waals surface area contributed by atoms with Crippen LogP contribution in [-0.2, 0) is 0 Å². The molecule has 1 saturated carbocycles. The molecule has 2 N–H and O–H groups in total. The maximum Gasteiger partial charge on any atom is 0.150 e. The molecular weight excluding hydrogens is 377 g/mol. The van der Waals surface area contributed by atoms with Crippen molar-refractivity contribution in [2.24, 2.45) is 5.92 Å². The monoisotopic (exact) mass is 401 g/mol. The van der Waals surface area contributed by atoms with Crippen molar-refractivity contribution in [1.29, 1.82) is 0 Å². The lowest BCUT2D eigenvalue weighted by atomic mass is 9.89. The van der Waals surface area contributed by atoms with Crippen LogP contribution in [0, 0.1) is 24.1 Å². The first-order chi connectivity index (χ1) is 14.7. The molecule has 1 aliphatic carbocycles. The fourth-order valence-electron chi connectivity index (χ4n) is 3.80. The summed E-state index contributed by atoms with van der Waals surface area (Å²) < 4.78 is 13.8. The van der Waals surface area contributed by atoms with Crippen LogP contribution in [0.3, 0.4) is 0 Å². The maximum absolute atomic E-state index is 13.8. The number of nitrogens with zero attached hydrogens (tertiary/aromatic N) is 3. The third-order valence-corrected chi connectivity index (χ3v) is 5.40. The molecule has 4 rings (SSSR count). The van der Waals surface area contributed by atoms with Crippen LogP contribution in [0.4, 0.5) is 21.7 Å². The van der Waals surface area contributed by atoms with Crippen LogP contribution in [0.2, 0.25) is 0 Å². The first kappa shape index (κ1) is 19.8. The molecule has 0 saturated heterocycles. The van der Waals surface area contributed by atoms with Crippen molar-refractivity contribution in [3.63, 3.8) is 0 Å². The topological polar surface area (TPSA) is 62.7 Å². The predicted octanol–water partition coefficient (Wildman–Crippen LogP) is 5.39. The highest BCUT2D eigenvalue weighted by molar-refractivity contribution is 5.79. The normalized spacial score (nSPS) is 14.1. The first-order valence-electron chi connectivity index (χ1n) is 10.3. The number of pyridine rings is 1. The molecule has 30 heavy (non-hydrogen) atoms. The summed E-state index contributed by atoms with van der Waals surface area (Å²) in [6.07, 6.45) is 16.6. The lowest BCUT2D eigenvalue weighted by molar-refractivity contribution is 0.373. The van der Waals surface area contributed by atoms with Crippen molar-refractivity contribution in [1.82, 2.24) is 15.0 Å². The lowest BCUT2D eigenvalue weighted by Gasteiger charge is -2.23. The van der Waals surface area contributed by atoms with Crippen LogP contribution in [-0.4, -0.2) is 21.5 Å². The Labute approximate surface area is 176 Å². The third kappa shape index (κ3) is 4.93. The van der Waals surface area contributed by atoms with Gasteiger partial charge in [0.05, 0.1) is 12.4 Å². The van der Waals surface area contributed by atoms with Gasteiger partial charge in [0.25, 0.3) is 0 Å². The van der Waals surface area contributed by atoms with Gasteiger partial charge in [-0.25, -0.2) is 19.3 Å². The van der Waals surface area contributed by atoms with Gasteiger partial charge in [-0.2, -0.15) is 0 Å². The van der Waals surface area contributed by atoms with E-state index < -0.39 is 0 Å². The van der Waals surface area contributed by atoms with Crippen LogP contribution in [0.25, 0.3) is 11.1 Å². The van der Waals surface area contributed by atoms with E-state index in [2.05, 4.69) is 31.5 Å². The van der Waals surface area contributed by atoms with Gasteiger partial charge >= 0.3 is 0 Å². The lowest BCUT2D eigenvalue weighted by Crippen LogP contribution is -2.17. The number of aromatic nitrogens is 3. The number of hydrogen-bond donors (Lipinski definition) is 2. The molecule has 0 amide bonds. The quantitative estimate of drug-likeness (QED) is 0.542. The maximum atomic E-state index is 13.8. The molecule has 1 aromatic carbocycles. The molecule has 0 spiro atoms. The molecule has 0 bridgehead atoms. The van der Waals surface area contributed by atoms with E-state index in [-0.39, 0.29) is 5.82 Å². The Morgan fingerprint density at radius 3 is 2.57 bits per heavy atom. The van der Waals surface area contributed by atoms with Crippen LogP contribution < -0.4 is 10.6 Å². The number of benzene rings is 1. The smallest absolute Gasteiger partial charge is 0.150 e. The number of anilines is 3. The van der Waals surface area contributed by atoms with Gasteiger partial charge in [0, 0.05) is 30.1 Å². The molecule has 2 heterocycles. The van der Waals surface area contributed by atoms with Gasteiger partial charge < -0.3 is 10.6 Å². The van der Waals surface area contributed by atoms with Crippen LogP contribution in [0.1, 0.15) is 37.8 Å². The largest absolute Gasteiger partial charge is 0.384 e. The summed E-state index contributed by atoms with van der Waals surface area (Å²) in [7, 11) is 0. The second-order valence-electron chi connectivity index (χ2n) is 7.57. The molecule has 0 radical (unpaired) electrons. The zero-order chi connectivity index (χ0) is 20.8. The Morgan fingerprint density at radius 1 is 1.00 bits per heavy atom. The summed E-state index contributed by atoms with van der Waals surface area (Å²) in [6, 6.07) is 8.51. The summed E-state index contributed by atoms with van der Waals surface area (Å²) in [5.41, 5.74) is 3.05. The number of terminal acetylenes is 1. The van der Waals surface area contributed by atoms with Crippen molar-refractivity contribution in [2.45, 2.75) is 32.1 Å². The average Bonchev–Trinajstić information content (AvgIpc) is 2.79. The SMILES string of the molecule is C#Cc1cnc(Nc2cc(NCC3CCCCC3)c(-c3cccc(F)c3)cn2)cn1. The summed E-state index contributed by atoms with van der Waals surface area (Å²) >= 11 is 0. The number of hydrogen-bond acceptors (Lipinski definition) is 5. The van der Waals surface area contributed by atoms with E-state index in [1.807, 2.05) is 12.1 Å². The molecule has 0 unspecified atom stereocenters. The molecule has 5 nitrogen and oxygen atoms in total. The van der Waals surface area contributed by atoms with Gasteiger partial charge in [-0.1, -0.05) is 31.4 Å². The fourth-order valence-corrected chi connectivity index (χ4v) is 3.80. The molecule has 152 valence electrons. The van der Waals surface area contributed by atoms with E-state index >= 15 is 0 Å². The van der Waals surface area contributed by atoms with Gasteiger partial charge in [0.2, 0.25) is 0 Å². The summed E-state index contributed by atoms with van der Waals surface area (Å²) in [5, 5.41) is 6.74. The van der Waals surface area contributed by atoms with Gasteiger partial charge in [-0.05, 0) is 42.4 Å².